The zero-order chi connectivity index (χ0) is 7.56. The molecule has 0 aliphatic heterocycles. The van der Waals surface area contributed by atoms with Gasteiger partial charge in [-0.1, -0.05) is 0 Å². The van der Waals surface area contributed by atoms with Gasteiger partial charge in [0.25, 0.3) is 0 Å². The normalized spacial score (nSPS) is 20.2. The van der Waals surface area contributed by atoms with Crippen molar-refractivity contribution < 1.29 is 4.79 Å². The maximum absolute atomic E-state index is 11.0. The Morgan fingerprint density at radius 2 is 2.00 bits per heavy atom. The van der Waals surface area contributed by atoms with Crippen LogP contribution in [0.15, 0.2) is 11.8 Å². The third-order valence-corrected chi connectivity index (χ3v) is 1.62. The largest absolute Gasteiger partial charge is 0.383 e. The molecule has 3 heteroatoms. The number of carbonyl (C=O) groups is 1. The Morgan fingerprint density at radius 3 is 2.36 bits per heavy atom. The Labute approximate surface area is 73.7 Å². The van der Waals surface area contributed by atoms with Crippen LogP contribution in [0.3, 0.4) is 0 Å². The van der Waals surface area contributed by atoms with Crippen LogP contribution in [0, 0.1) is 0 Å². The number of ketones is 1. The van der Waals surface area contributed by atoms with Gasteiger partial charge in [-0.25, -0.2) is 0 Å². The number of hydrogen-bond donors (Lipinski definition) is 0. The minimum Gasteiger partial charge on any atom is -0.383 e. The van der Waals surface area contributed by atoms with E-state index < -0.39 is 0 Å². The summed E-state index contributed by atoms with van der Waals surface area (Å²) in [5.74, 6) is 0.328. The van der Waals surface area contributed by atoms with E-state index in [2.05, 4.69) is 0 Å². The van der Waals surface area contributed by atoms with Crippen LogP contribution >= 0.6 is 12.4 Å². The summed E-state index contributed by atoms with van der Waals surface area (Å²) in [5, 5.41) is 0. The Hall–Kier alpha value is -0.500. The molecule has 0 aromatic carbocycles. The molecule has 1 rings (SSSR count). The number of nitrogens with zero attached hydrogens (tertiary/aromatic N) is 1. The summed E-state index contributed by atoms with van der Waals surface area (Å²) in [6.45, 7) is 0. The summed E-state index contributed by atoms with van der Waals surface area (Å²) in [6.07, 6.45) is 4.69. The zero-order valence-electron chi connectivity index (χ0n) is 6.96. The maximum Gasteiger partial charge on any atom is 0.160 e. The molecule has 0 radical (unpaired) electrons. The Kier molecular flexibility index (Phi) is 4.19. The molecule has 0 spiro atoms. The van der Waals surface area contributed by atoms with E-state index in [1.807, 2.05) is 25.2 Å². The summed E-state index contributed by atoms with van der Waals surface area (Å²) in [7, 11) is 3.89. The molecule has 64 valence electrons. The lowest BCUT2D eigenvalue weighted by molar-refractivity contribution is -0.114. The fourth-order valence-electron chi connectivity index (χ4n) is 1.19. The van der Waals surface area contributed by atoms with Gasteiger partial charge in [0, 0.05) is 32.3 Å². The molecule has 0 saturated heterocycles. The summed E-state index contributed by atoms with van der Waals surface area (Å²) in [4.78, 5) is 12.9. The van der Waals surface area contributed by atoms with Gasteiger partial charge in [-0.05, 0) is 12.8 Å². The van der Waals surface area contributed by atoms with Crippen molar-refractivity contribution in [3.05, 3.63) is 11.8 Å². The van der Waals surface area contributed by atoms with Crippen LogP contribution in [0.1, 0.15) is 19.3 Å². The molecule has 0 bridgehead atoms. The smallest absolute Gasteiger partial charge is 0.160 e. The molecule has 11 heavy (non-hydrogen) atoms. The van der Waals surface area contributed by atoms with E-state index in [0.717, 1.165) is 24.8 Å². The van der Waals surface area contributed by atoms with Crippen molar-refractivity contribution in [3.63, 3.8) is 0 Å². The molecular weight excluding hydrogens is 162 g/mol. The molecule has 0 amide bonds. The highest BCUT2D eigenvalue weighted by Crippen LogP contribution is 2.19. The first-order chi connectivity index (χ1) is 4.70. The molecular formula is C8H14ClNO. The van der Waals surface area contributed by atoms with E-state index >= 15 is 0 Å². The SMILES string of the molecule is CN(C)C=C1CCCC1=O.Cl. The first-order valence-electron chi connectivity index (χ1n) is 3.60. The van der Waals surface area contributed by atoms with E-state index in [4.69, 9.17) is 0 Å². The predicted octanol–water partition coefficient (Wildman–Crippen LogP) is 1.61. The highest BCUT2D eigenvalue weighted by molar-refractivity contribution is 5.97. The van der Waals surface area contributed by atoms with Crippen molar-refractivity contribution in [2.45, 2.75) is 19.3 Å². The first kappa shape index (κ1) is 10.5. The van der Waals surface area contributed by atoms with E-state index in [9.17, 15) is 4.79 Å². The molecule has 1 aliphatic rings. The van der Waals surface area contributed by atoms with E-state index in [1.165, 1.54) is 0 Å². The number of carbonyl (C=O) groups excluding carboxylic acids is 1. The van der Waals surface area contributed by atoms with Crippen LogP contribution in [0.4, 0.5) is 0 Å². The third kappa shape index (κ3) is 2.93. The maximum atomic E-state index is 11.0. The van der Waals surface area contributed by atoms with Crippen molar-refractivity contribution in [2.75, 3.05) is 14.1 Å². The minimum atomic E-state index is 0. The fraction of sp³-hybridized carbons (Fsp3) is 0.625. The highest BCUT2D eigenvalue weighted by atomic mass is 35.5. The average Bonchev–Trinajstić information content (AvgIpc) is 2.15. The minimum absolute atomic E-state index is 0. The summed E-state index contributed by atoms with van der Waals surface area (Å²) in [5.41, 5.74) is 0.991. The van der Waals surface area contributed by atoms with E-state index in [0.29, 0.717) is 5.78 Å². The van der Waals surface area contributed by atoms with Gasteiger partial charge in [0.05, 0.1) is 0 Å². The summed E-state index contributed by atoms with van der Waals surface area (Å²) >= 11 is 0. The van der Waals surface area contributed by atoms with E-state index in [-0.39, 0.29) is 12.4 Å². The topological polar surface area (TPSA) is 20.3 Å². The van der Waals surface area contributed by atoms with Crippen LogP contribution < -0.4 is 0 Å². The third-order valence-electron chi connectivity index (χ3n) is 1.62. The second-order valence-corrected chi connectivity index (χ2v) is 2.89. The molecule has 0 aromatic heterocycles. The summed E-state index contributed by atoms with van der Waals surface area (Å²) in [6, 6.07) is 0. The van der Waals surface area contributed by atoms with Crippen LogP contribution in [0.25, 0.3) is 0 Å². The lowest BCUT2D eigenvalue weighted by Gasteiger charge is -2.04. The Morgan fingerprint density at radius 1 is 1.36 bits per heavy atom. The number of hydrogen-bond acceptors (Lipinski definition) is 2. The van der Waals surface area contributed by atoms with Gasteiger partial charge in [-0.2, -0.15) is 0 Å². The number of allylic oxidation sites excluding steroid dienone is 1. The number of halogens is 1. The van der Waals surface area contributed by atoms with Gasteiger partial charge < -0.3 is 4.90 Å². The van der Waals surface area contributed by atoms with Crippen molar-refractivity contribution in [2.24, 2.45) is 0 Å². The molecule has 1 aliphatic carbocycles. The molecule has 1 fully saturated rings. The van der Waals surface area contributed by atoms with Gasteiger partial charge >= 0.3 is 0 Å². The molecule has 0 atom stereocenters. The molecule has 0 aromatic rings. The standard InChI is InChI=1S/C8H13NO.ClH/c1-9(2)6-7-4-3-5-8(7)10;/h6H,3-5H2,1-2H3;1H. The average molecular weight is 176 g/mol. The molecule has 0 unspecified atom stereocenters. The van der Waals surface area contributed by atoms with Gasteiger partial charge in [0.2, 0.25) is 0 Å². The molecule has 0 N–H and O–H groups in total. The zero-order valence-corrected chi connectivity index (χ0v) is 7.78. The number of Topliss-reactive ketones (excluding diaryl/α,β-unsaturated/α-hetero) is 1. The van der Waals surface area contributed by atoms with Crippen LogP contribution in [0.5, 0.6) is 0 Å². The first-order valence-corrected chi connectivity index (χ1v) is 3.60. The Bertz CT molecular complexity index is 175. The second kappa shape index (κ2) is 4.39. The van der Waals surface area contributed by atoms with Crippen molar-refractivity contribution >= 4 is 18.2 Å². The van der Waals surface area contributed by atoms with Crippen molar-refractivity contribution in [1.82, 2.24) is 4.90 Å². The quantitative estimate of drug-likeness (QED) is 0.565. The lowest BCUT2D eigenvalue weighted by Crippen LogP contribution is -2.04. The van der Waals surface area contributed by atoms with Gasteiger partial charge in [-0.15, -0.1) is 12.4 Å². The second-order valence-electron chi connectivity index (χ2n) is 2.89. The van der Waals surface area contributed by atoms with Crippen LogP contribution in [-0.4, -0.2) is 24.8 Å². The lowest BCUT2D eigenvalue weighted by atomic mass is 10.2. The predicted molar refractivity (Wildman–Crippen MR) is 47.9 cm³/mol. The summed E-state index contributed by atoms with van der Waals surface area (Å²) < 4.78 is 0. The molecule has 2 nitrogen and oxygen atoms in total. The molecule has 1 saturated carbocycles. The van der Waals surface area contributed by atoms with Crippen LogP contribution in [-0.2, 0) is 4.79 Å². The molecule has 0 heterocycles. The van der Waals surface area contributed by atoms with Crippen molar-refractivity contribution in [1.29, 1.82) is 0 Å². The fourth-order valence-corrected chi connectivity index (χ4v) is 1.19. The van der Waals surface area contributed by atoms with Gasteiger partial charge in [0.15, 0.2) is 5.78 Å². The Balaban J connectivity index is 0.000001000. The van der Waals surface area contributed by atoms with E-state index in [1.54, 1.807) is 0 Å². The van der Waals surface area contributed by atoms with Gasteiger partial charge in [0.1, 0.15) is 0 Å². The number of rotatable bonds is 1. The van der Waals surface area contributed by atoms with Crippen LogP contribution in [0.2, 0.25) is 0 Å². The monoisotopic (exact) mass is 175 g/mol. The van der Waals surface area contributed by atoms with Gasteiger partial charge in [-0.3, -0.25) is 4.79 Å². The highest BCUT2D eigenvalue weighted by Gasteiger charge is 2.16. The van der Waals surface area contributed by atoms with Crippen molar-refractivity contribution in [3.8, 4) is 0 Å².